The number of fused-ring (bicyclic) bond motifs is 1. The third-order valence-corrected chi connectivity index (χ3v) is 3.00. The van der Waals surface area contributed by atoms with Crippen LogP contribution in [0.4, 0.5) is 0 Å². The van der Waals surface area contributed by atoms with Gasteiger partial charge in [-0.05, 0) is 17.7 Å². The van der Waals surface area contributed by atoms with Gasteiger partial charge in [0.25, 0.3) is 0 Å². The number of aromatic hydroxyl groups is 1. The molecular weight excluding hydrogens is 214 g/mol. The van der Waals surface area contributed by atoms with E-state index in [9.17, 15) is 13.5 Å². The number of rotatable bonds is 2. The molecule has 0 bridgehead atoms. The predicted molar refractivity (Wildman–Crippen MR) is 58.5 cm³/mol. The zero-order valence-electron chi connectivity index (χ0n) is 8.19. The van der Waals surface area contributed by atoms with E-state index in [4.69, 9.17) is 0 Å². The molecule has 5 heteroatoms. The van der Waals surface area contributed by atoms with Crippen LogP contribution >= 0.6 is 0 Å². The monoisotopic (exact) mass is 225 g/mol. The maximum atomic E-state index is 11.1. The Kier molecular flexibility index (Phi) is 2.19. The van der Waals surface area contributed by atoms with E-state index < -0.39 is 9.84 Å². The molecular formula is C10H11NO3S. The van der Waals surface area contributed by atoms with Crippen molar-refractivity contribution in [1.82, 2.24) is 4.98 Å². The summed E-state index contributed by atoms with van der Waals surface area (Å²) in [6.07, 6.45) is 2.86. The molecule has 1 aromatic carbocycles. The average molecular weight is 225 g/mol. The van der Waals surface area contributed by atoms with E-state index in [1.165, 1.54) is 6.26 Å². The van der Waals surface area contributed by atoms with E-state index in [1.807, 2.05) is 0 Å². The van der Waals surface area contributed by atoms with E-state index in [0.717, 1.165) is 16.5 Å². The number of H-pyrrole nitrogens is 1. The van der Waals surface area contributed by atoms with Gasteiger partial charge in [0.2, 0.25) is 0 Å². The van der Waals surface area contributed by atoms with Gasteiger partial charge in [-0.15, -0.1) is 0 Å². The zero-order valence-corrected chi connectivity index (χ0v) is 9.00. The molecule has 0 saturated carbocycles. The first-order chi connectivity index (χ1) is 6.96. The Morgan fingerprint density at radius 1 is 1.40 bits per heavy atom. The zero-order chi connectivity index (χ0) is 11.1. The fourth-order valence-corrected chi connectivity index (χ4v) is 2.38. The van der Waals surface area contributed by atoms with Gasteiger partial charge < -0.3 is 10.1 Å². The number of sulfone groups is 1. The third-order valence-electron chi connectivity index (χ3n) is 2.17. The lowest BCUT2D eigenvalue weighted by Gasteiger charge is -1.97. The second kappa shape index (κ2) is 3.27. The largest absolute Gasteiger partial charge is 0.508 e. The molecule has 0 aliphatic heterocycles. The van der Waals surface area contributed by atoms with Gasteiger partial charge in [-0.1, -0.05) is 0 Å². The van der Waals surface area contributed by atoms with E-state index >= 15 is 0 Å². The van der Waals surface area contributed by atoms with Crippen molar-refractivity contribution >= 4 is 20.7 Å². The highest BCUT2D eigenvalue weighted by Gasteiger charge is 2.09. The molecule has 0 saturated heterocycles. The molecule has 0 fully saturated rings. The summed E-state index contributed by atoms with van der Waals surface area (Å²) in [6, 6.07) is 4.82. The minimum atomic E-state index is -3.03. The van der Waals surface area contributed by atoms with E-state index in [2.05, 4.69) is 4.98 Å². The van der Waals surface area contributed by atoms with Crippen LogP contribution in [0.2, 0.25) is 0 Å². The molecule has 0 aliphatic carbocycles. The lowest BCUT2D eigenvalue weighted by molar-refractivity contribution is 0.476. The number of hydrogen-bond acceptors (Lipinski definition) is 3. The molecule has 1 aromatic heterocycles. The summed E-state index contributed by atoms with van der Waals surface area (Å²) in [4.78, 5) is 2.93. The van der Waals surface area contributed by atoms with Crippen LogP contribution in [0.5, 0.6) is 5.75 Å². The second-order valence-electron chi connectivity index (χ2n) is 3.61. The lowest BCUT2D eigenvalue weighted by atomic mass is 10.2. The Balaban J connectivity index is 2.55. The van der Waals surface area contributed by atoms with Gasteiger partial charge in [-0.3, -0.25) is 0 Å². The smallest absolute Gasteiger partial charge is 0.151 e. The summed E-state index contributed by atoms with van der Waals surface area (Å²) >= 11 is 0. The maximum Gasteiger partial charge on any atom is 0.151 e. The van der Waals surface area contributed by atoms with Crippen LogP contribution in [0.1, 0.15) is 5.56 Å². The van der Waals surface area contributed by atoms with Gasteiger partial charge in [0.1, 0.15) is 5.75 Å². The molecule has 0 aliphatic rings. The van der Waals surface area contributed by atoms with Crippen LogP contribution in [-0.4, -0.2) is 24.8 Å². The highest BCUT2D eigenvalue weighted by atomic mass is 32.2. The van der Waals surface area contributed by atoms with Gasteiger partial charge in [0.15, 0.2) is 9.84 Å². The first-order valence-corrected chi connectivity index (χ1v) is 6.48. The van der Waals surface area contributed by atoms with Crippen molar-refractivity contribution in [3.8, 4) is 5.75 Å². The topological polar surface area (TPSA) is 70.2 Å². The molecule has 2 aromatic rings. The van der Waals surface area contributed by atoms with Crippen LogP contribution in [0, 0.1) is 0 Å². The Bertz CT molecular complexity index is 598. The summed E-state index contributed by atoms with van der Waals surface area (Å²) in [5.41, 5.74) is 1.47. The Hall–Kier alpha value is -1.49. The van der Waals surface area contributed by atoms with Gasteiger partial charge in [0, 0.05) is 29.4 Å². The Morgan fingerprint density at radius 2 is 2.13 bits per heavy atom. The number of nitrogens with one attached hydrogen (secondary N) is 1. The van der Waals surface area contributed by atoms with Crippen molar-refractivity contribution in [2.75, 3.05) is 6.26 Å². The van der Waals surface area contributed by atoms with Crippen LogP contribution in [0.3, 0.4) is 0 Å². The fraction of sp³-hybridized carbons (Fsp3) is 0.200. The van der Waals surface area contributed by atoms with E-state index in [-0.39, 0.29) is 11.5 Å². The van der Waals surface area contributed by atoms with Crippen molar-refractivity contribution in [2.24, 2.45) is 0 Å². The molecule has 15 heavy (non-hydrogen) atoms. The Labute approximate surface area is 87.5 Å². The summed E-state index contributed by atoms with van der Waals surface area (Å²) in [7, 11) is -3.03. The van der Waals surface area contributed by atoms with Gasteiger partial charge in [-0.2, -0.15) is 0 Å². The quantitative estimate of drug-likeness (QED) is 0.812. The number of benzene rings is 1. The van der Waals surface area contributed by atoms with Crippen molar-refractivity contribution < 1.29 is 13.5 Å². The first-order valence-electron chi connectivity index (χ1n) is 4.42. The lowest BCUT2D eigenvalue weighted by Crippen LogP contribution is -1.99. The summed E-state index contributed by atoms with van der Waals surface area (Å²) < 4.78 is 22.3. The minimum absolute atomic E-state index is 0.0117. The molecule has 0 atom stereocenters. The summed E-state index contributed by atoms with van der Waals surface area (Å²) in [5, 5.41) is 10.1. The van der Waals surface area contributed by atoms with Crippen molar-refractivity contribution in [1.29, 1.82) is 0 Å². The first kappa shape index (κ1) is 10.0. The third kappa shape index (κ3) is 2.12. The predicted octanol–water partition coefficient (Wildman–Crippen LogP) is 1.42. The van der Waals surface area contributed by atoms with Gasteiger partial charge >= 0.3 is 0 Å². The second-order valence-corrected chi connectivity index (χ2v) is 5.75. The van der Waals surface area contributed by atoms with Crippen molar-refractivity contribution in [2.45, 2.75) is 5.75 Å². The van der Waals surface area contributed by atoms with E-state index in [1.54, 1.807) is 24.4 Å². The van der Waals surface area contributed by atoms with Crippen LogP contribution < -0.4 is 0 Å². The summed E-state index contributed by atoms with van der Waals surface area (Å²) in [6.45, 7) is 0. The molecule has 4 nitrogen and oxygen atoms in total. The molecule has 1 heterocycles. The highest BCUT2D eigenvalue weighted by molar-refractivity contribution is 7.89. The normalized spacial score (nSPS) is 12.1. The van der Waals surface area contributed by atoms with Crippen molar-refractivity contribution in [3.63, 3.8) is 0 Å². The van der Waals surface area contributed by atoms with Crippen molar-refractivity contribution in [3.05, 3.63) is 30.0 Å². The Morgan fingerprint density at radius 3 is 2.80 bits per heavy atom. The standard InChI is InChI=1S/C10H11NO3S/c1-15(13,14)6-7-5-11-10-4-8(12)2-3-9(7)10/h2-5,11-12H,6H2,1H3. The number of hydrogen-bond donors (Lipinski definition) is 2. The highest BCUT2D eigenvalue weighted by Crippen LogP contribution is 2.23. The minimum Gasteiger partial charge on any atom is -0.508 e. The number of phenols is 1. The van der Waals surface area contributed by atoms with Crippen LogP contribution in [0.25, 0.3) is 10.9 Å². The SMILES string of the molecule is CS(=O)(=O)Cc1c[nH]c2cc(O)ccc12. The molecule has 0 unspecified atom stereocenters. The van der Waals surface area contributed by atoms with Crippen LogP contribution in [-0.2, 0) is 15.6 Å². The molecule has 0 radical (unpaired) electrons. The average Bonchev–Trinajstić information content (AvgIpc) is 2.45. The summed E-state index contributed by atoms with van der Waals surface area (Å²) in [5.74, 6) is 0.174. The molecule has 2 N–H and O–H groups in total. The fourth-order valence-electron chi connectivity index (χ4n) is 1.58. The number of phenolic OH excluding ortho intramolecular Hbond substituents is 1. The van der Waals surface area contributed by atoms with Gasteiger partial charge in [-0.25, -0.2) is 8.42 Å². The maximum absolute atomic E-state index is 11.1. The molecule has 0 spiro atoms. The molecule has 2 rings (SSSR count). The van der Waals surface area contributed by atoms with Gasteiger partial charge in [0.05, 0.1) is 5.75 Å². The molecule has 0 amide bonds. The number of aromatic amines is 1. The molecule has 80 valence electrons. The van der Waals surface area contributed by atoms with E-state index in [0.29, 0.717) is 0 Å². The number of aromatic nitrogens is 1. The van der Waals surface area contributed by atoms with Crippen LogP contribution in [0.15, 0.2) is 24.4 Å².